The van der Waals surface area contributed by atoms with E-state index < -0.39 is 36.9 Å². The van der Waals surface area contributed by atoms with Crippen LogP contribution in [0.15, 0.2) is 0 Å². The van der Waals surface area contributed by atoms with Crippen LogP contribution < -0.4 is 5.32 Å². The normalized spacial score (nSPS) is 18.7. The van der Waals surface area contributed by atoms with E-state index >= 15 is 0 Å². The molecule has 0 unspecified atom stereocenters. The molecule has 5 N–H and O–H groups in total. The van der Waals surface area contributed by atoms with Gasteiger partial charge in [0.05, 0.1) is 6.61 Å². The first-order valence-electron chi connectivity index (χ1n) is 4.31. The highest BCUT2D eigenvalue weighted by Gasteiger charge is 2.31. The van der Waals surface area contributed by atoms with Gasteiger partial charge in [-0.05, 0) is 0 Å². The summed E-state index contributed by atoms with van der Waals surface area (Å²) in [6.07, 6.45) is -4.72. The van der Waals surface area contributed by atoms with Gasteiger partial charge in [-0.15, -0.1) is 0 Å². The monoisotopic (exact) mass is 222 g/mol. The third kappa shape index (κ3) is 4.34. The number of hydrogen-bond acceptors (Lipinski definition) is 6. The van der Waals surface area contributed by atoms with Gasteiger partial charge in [-0.25, -0.2) is 0 Å². The highest BCUT2D eigenvalue weighted by Crippen LogP contribution is 2.03. The Balaban J connectivity index is 4.42. The summed E-state index contributed by atoms with van der Waals surface area (Å²) in [6, 6.07) is -1.32. The first-order valence-corrected chi connectivity index (χ1v) is 4.31. The third-order valence-electron chi connectivity index (χ3n) is 1.82. The smallest absolute Gasteiger partial charge is 0.217 e. The Morgan fingerprint density at radius 3 is 2.20 bits per heavy atom. The van der Waals surface area contributed by atoms with Gasteiger partial charge in [-0.2, -0.15) is 0 Å². The molecule has 0 aromatic heterocycles. The van der Waals surface area contributed by atoms with Crippen LogP contribution in [0.3, 0.4) is 0 Å². The predicted octanol–water partition coefficient (Wildman–Crippen LogP) is -3.23. The van der Waals surface area contributed by atoms with Crippen molar-refractivity contribution in [3.63, 3.8) is 0 Å². The molecule has 0 saturated heterocycles. The summed E-state index contributed by atoms with van der Waals surface area (Å²) in [7, 11) is 0. The summed E-state index contributed by atoms with van der Waals surface area (Å²) in [5, 5.41) is 38.2. The molecule has 0 fully saturated rings. The van der Waals surface area contributed by atoms with E-state index in [9.17, 15) is 19.8 Å². The minimum Gasteiger partial charge on any atom is -0.394 e. The average Bonchev–Trinajstić information content (AvgIpc) is 2.22. The number of nitrogens with one attached hydrogen (secondary N) is 1. The summed E-state index contributed by atoms with van der Waals surface area (Å²) in [6.45, 7) is 0.377. The Morgan fingerprint density at radius 2 is 1.87 bits per heavy atom. The molecule has 0 bridgehead atoms. The van der Waals surface area contributed by atoms with E-state index in [1.807, 2.05) is 0 Å². The molecule has 1 amide bonds. The van der Waals surface area contributed by atoms with Gasteiger partial charge < -0.3 is 30.5 Å². The summed E-state index contributed by atoms with van der Waals surface area (Å²) in [4.78, 5) is 21.1. The molecule has 0 rings (SSSR count). The highest BCUT2D eigenvalue weighted by atomic mass is 16.4. The fourth-order valence-electron chi connectivity index (χ4n) is 0.983. The maximum Gasteiger partial charge on any atom is 0.217 e. The Morgan fingerprint density at radius 1 is 1.33 bits per heavy atom. The van der Waals surface area contributed by atoms with Gasteiger partial charge in [0.2, 0.25) is 5.91 Å². The Hall–Kier alpha value is -1.02. The van der Waals surface area contributed by atoms with Crippen LogP contribution in [0.5, 0.6) is 0 Å². The number of amides is 1. The molecule has 0 aliphatic carbocycles. The van der Waals surface area contributed by atoms with Crippen LogP contribution in [-0.4, -0.2) is 63.6 Å². The van der Waals surface area contributed by atoms with Crippen molar-refractivity contribution in [1.82, 2.24) is 5.32 Å². The summed E-state index contributed by atoms with van der Waals surface area (Å²) in [5.41, 5.74) is 0. The molecule has 7 nitrogen and oxygen atoms in total. The van der Waals surface area contributed by atoms with Crippen LogP contribution in [-0.2, 0) is 9.59 Å². The molecule has 0 aliphatic rings. The van der Waals surface area contributed by atoms with Crippen molar-refractivity contribution in [1.29, 1.82) is 0 Å². The second-order valence-corrected chi connectivity index (χ2v) is 3.09. The molecule has 0 saturated carbocycles. The topological polar surface area (TPSA) is 127 Å². The molecule has 15 heavy (non-hydrogen) atoms. The Bertz CT molecular complexity index is 221. The van der Waals surface area contributed by atoms with Crippen molar-refractivity contribution in [3.8, 4) is 0 Å². The van der Waals surface area contributed by atoms with Crippen LogP contribution in [0, 0.1) is 0 Å². The minimum atomic E-state index is -1.71. The maximum atomic E-state index is 10.6. The molecule has 0 radical (unpaired) electrons. The number of aldehydes is 1. The number of rotatable bonds is 6. The highest BCUT2D eigenvalue weighted by molar-refractivity contribution is 5.77. The lowest BCUT2D eigenvalue weighted by molar-refractivity contribution is -0.129. The van der Waals surface area contributed by atoms with Gasteiger partial charge in [-0.1, -0.05) is 0 Å². The number of carbonyl (C=O) groups is 2. The number of aliphatic hydroxyl groups is 4. The lowest BCUT2D eigenvalue weighted by atomic mass is 10.0. The van der Waals surface area contributed by atoms with Crippen LogP contribution >= 0.6 is 0 Å². The molecular formula is C8H15NO6. The SMILES string of the molecule is [13CH3]C(=O)N[C@@H](C=O)[C@@H](O)[C@H](O)[C@H](O)CO. The standard InChI is InChI=1S/C8H15NO6/c1-4(12)9-5(2-10)7(14)8(15)6(13)3-11/h2,5-8,11,13-15H,3H2,1H3,(H,9,12)/t5-,6+,7+,8+/m0/s1/i1+1. The molecule has 0 aromatic rings. The van der Waals surface area contributed by atoms with Crippen molar-refractivity contribution in [2.24, 2.45) is 0 Å². The lowest BCUT2D eigenvalue weighted by Crippen LogP contribution is -2.53. The first kappa shape index (κ1) is 14.0. The zero-order chi connectivity index (χ0) is 12.0. The van der Waals surface area contributed by atoms with E-state index in [0.29, 0.717) is 0 Å². The van der Waals surface area contributed by atoms with Gasteiger partial charge in [0.1, 0.15) is 30.6 Å². The molecule has 88 valence electrons. The van der Waals surface area contributed by atoms with Crippen molar-refractivity contribution in [3.05, 3.63) is 0 Å². The molecule has 7 heteroatoms. The van der Waals surface area contributed by atoms with Crippen molar-refractivity contribution >= 4 is 12.2 Å². The molecule has 0 aromatic carbocycles. The van der Waals surface area contributed by atoms with E-state index in [0.717, 1.165) is 6.92 Å². The minimum absolute atomic E-state index is 0.235. The largest absolute Gasteiger partial charge is 0.394 e. The Labute approximate surface area is 86.3 Å². The molecule has 4 atom stereocenters. The van der Waals surface area contributed by atoms with Crippen molar-refractivity contribution in [2.45, 2.75) is 31.3 Å². The zero-order valence-corrected chi connectivity index (χ0v) is 8.20. The second-order valence-electron chi connectivity index (χ2n) is 3.09. The van der Waals surface area contributed by atoms with E-state index in [2.05, 4.69) is 5.32 Å². The average molecular weight is 222 g/mol. The summed E-state index contributed by atoms with van der Waals surface area (Å²) in [5.74, 6) is -0.558. The van der Waals surface area contributed by atoms with Crippen molar-refractivity contribution < 1.29 is 30.0 Å². The molecule has 0 heterocycles. The summed E-state index contributed by atoms with van der Waals surface area (Å²) >= 11 is 0. The molecule has 0 spiro atoms. The first-order chi connectivity index (χ1) is 6.93. The lowest BCUT2D eigenvalue weighted by Gasteiger charge is -2.25. The number of aliphatic hydroxyl groups excluding tert-OH is 4. The fraction of sp³-hybridized carbons (Fsp3) is 0.750. The van der Waals surface area contributed by atoms with Gasteiger partial charge in [0, 0.05) is 6.92 Å². The van der Waals surface area contributed by atoms with Crippen molar-refractivity contribution in [2.75, 3.05) is 6.61 Å². The molecular weight excluding hydrogens is 207 g/mol. The predicted molar refractivity (Wildman–Crippen MR) is 48.8 cm³/mol. The number of hydrogen-bond donors (Lipinski definition) is 5. The second kappa shape index (κ2) is 6.46. The maximum absolute atomic E-state index is 10.6. The van der Waals surface area contributed by atoms with E-state index in [4.69, 9.17) is 10.2 Å². The number of carbonyl (C=O) groups excluding carboxylic acids is 2. The van der Waals surface area contributed by atoms with E-state index in [-0.39, 0.29) is 6.29 Å². The van der Waals surface area contributed by atoms with Gasteiger partial charge >= 0.3 is 0 Å². The van der Waals surface area contributed by atoms with E-state index in [1.54, 1.807) is 0 Å². The van der Waals surface area contributed by atoms with Gasteiger partial charge in [0.15, 0.2) is 0 Å². The van der Waals surface area contributed by atoms with Gasteiger partial charge in [0.25, 0.3) is 0 Å². The van der Waals surface area contributed by atoms with Crippen LogP contribution in [0.25, 0.3) is 0 Å². The fourth-order valence-corrected chi connectivity index (χ4v) is 0.983. The van der Waals surface area contributed by atoms with Crippen LogP contribution in [0.1, 0.15) is 6.92 Å². The summed E-state index contributed by atoms with van der Waals surface area (Å²) < 4.78 is 0. The zero-order valence-electron chi connectivity index (χ0n) is 8.20. The quantitative estimate of drug-likeness (QED) is 0.237. The van der Waals surface area contributed by atoms with Gasteiger partial charge in [-0.3, -0.25) is 4.79 Å². The van der Waals surface area contributed by atoms with Crippen LogP contribution in [0.4, 0.5) is 0 Å². The van der Waals surface area contributed by atoms with Crippen LogP contribution in [0.2, 0.25) is 0 Å². The third-order valence-corrected chi connectivity index (χ3v) is 1.82. The molecule has 0 aliphatic heterocycles. The van der Waals surface area contributed by atoms with E-state index in [1.165, 1.54) is 0 Å². The Kier molecular flexibility index (Phi) is 6.02.